The maximum atomic E-state index is 13.6. The largest absolute Gasteiger partial charge is 0.356 e. The van der Waals surface area contributed by atoms with Gasteiger partial charge in [0, 0.05) is 66.4 Å². The molecule has 1 aliphatic carbocycles. The number of imide groups is 1. The SMILES string of the molecule is O=C1CCC(N2Cc3c(NC(=O)CCCNC(=O)C4(Cc5cccc(Nc6nccs6)n5)CCCCC4)cccc3C2=O)C(=O)N1. The number of benzene rings is 1. The van der Waals surface area contributed by atoms with Crippen LogP contribution < -0.4 is 21.3 Å². The van der Waals surface area contributed by atoms with Gasteiger partial charge in [-0.2, -0.15) is 0 Å². The highest BCUT2D eigenvalue weighted by Gasteiger charge is 2.41. The number of hydrogen-bond acceptors (Lipinski definition) is 9. The predicted octanol–water partition coefficient (Wildman–Crippen LogP) is 4.07. The highest BCUT2D eigenvalue weighted by molar-refractivity contribution is 7.13. The molecule has 13 heteroatoms. The molecule has 6 rings (SSSR count). The molecule has 12 nitrogen and oxygen atoms in total. The van der Waals surface area contributed by atoms with E-state index in [9.17, 15) is 24.0 Å². The second kappa shape index (κ2) is 13.8. The van der Waals surface area contributed by atoms with Crippen molar-refractivity contribution in [3.8, 4) is 0 Å². The van der Waals surface area contributed by atoms with Crippen molar-refractivity contribution in [3.63, 3.8) is 0 Å². The zero-order valence-electron chi connectivity index (χ0n) is 25.5. The number of nitrogens with zero attached hydrogens (tertiary/aromatic N) is 3. The first-order chi connectivity index (χ1) is 22.3. The number of nitrogens with one attached hydrogen (secondary N) is 4. The second-order valence-corrected chi connectivity index (χ2v) is 13.0. The number of rotatable bonds is 11. The van der Waals surface area contributed by atoms with E-state index in [1.165, 1.54) is 16.2 Å². The van der Waals surface area contributed by atoms with Gasteiger partial charge in [-0.25, -0.2) is 9.97 Å². The number of carbonyl (C=O) groups is 5. The third-order valence-electron chi connectivity index (χ3n) is 9.01. The number of aromatic nitrogens is 2. The number of piperidine rings is 1. The van der Waals surface area contributed by atoms with Crippen LogP contribution in [0, 0.1) is 5.41 Å². The molecule has 4 heterocycles. The first kappa shape index (κ1) is 31.3. The summed E-state index contributed by atoms with van der Waals surface area (Å²) in [4.78, 5) is 74.1. The van der Waals surface area contributed by atoms with E-state index in [4.69, 9.17) is 4.98 Å². The number of fused-ring (bicyclic) bond motifs is 1. The molecule has 2 aromatic heterocycles. The molecule has 5 amide bonds. The lowest BCUT2D eigenvalue weighted by Gasteiger charge is -2.35. The van der Waals surface area contributed by atoms with Gasteiger partial charge in [-0.1, -0.05) is 31.4 Å². The number of anilines is 3. The lowest BCUT2D eigenvalue weighted by atomic mass is 9.70. The molecule has 2 fully saturated rings. The number of amides is 5. The summed E-state index contributed by atoms with van der Waals surface area (Å²) < 4.78 is 0. The topological polar surface area (TPSA) is 162 Å². The Morgan fingerprint density at radius 2 is 1.89 bits per heavy atom. The average molecular weight is 644 g/mol. The third kappa shape index (κ3) is 6.94. The summed E-state index contributed by atoms with van der Waals surface area (Å²) in [5.74, 6) is -0.643. The Bertz CT molecular complexity index is 1640. The number of hydrogen-bond donors (Lipinski definition) is 4. The van der Waals surface area contributed by atoms with Crippen LogP contribution in [0.4, 0.5) is 16.6 Å². The average Bonchev–Trinajstić information content (AvgIpc) is 3.68. The van der Waals surface area contributed by atoms with Crippen molar-refractivity contribution in [2.75, 3.05) is 17.2 Å². The van der Waals surface area contributed by atoms with Crippen LogP contribution in [0.5, 0.6) is 0 Å². The molecule has 1 aromatic carbocycles. The molecular weight excluding hydrogens is 606 g/mol. The van der Waals surface area contributed by atoms with Crippen molar-refractivity contribution >= 4 is 57.5 Å². The van der Waals surface area contributed by atoms with Gasteiger partial charge >= 0.3 is 0 Å². The van der Waals surface area contributed by atoms with Crippen molar-refractivity contribution in [1.82, 2.24) is 25.5 Å². The summed E-state index contributed by atoms with van der Waals surface area (Å²) >= 11 is 1.49. The van der Waals surface area contributed by atoms with Gasteiger partial charge in [-0.3, -0.25) is 29.3 Å². The molecule has 0 bridgehead atoms. The molecule has 3 aromatic rings. The van der Waals surface area contributed by atoms with Crippen LogP contribution in [0.2, 0.25) is 0 Å². The van der Waals surface area contributed by atoms with Crippen molar-refractivity contribution in [1.29, 1.82) is 0 Å². The molecule has 3 aliphatic rings. The first-order valence-corrected chi connectivity index (χ1v) is 16.7. The minimum atomic E-state index is -0.725. The molecular formula is C33H37N7O5S. The van der Waals surface area contributed by atoms with Crippen LogP contribution in [-0.2, 0) is 32.1 Å². The molecule has 1 unspecified atom stereocenters. The fraction of sp³-hybridized carbons (Fsp3) is 0.424. The van der Waals surface area contributed by atoms with Gasteiger partial charge in [0.05, 0.1) is 5.41 Å². The number of carbonyl (C=O) groups excluding carboxylic acids is 5. The normalized spacial score (nSPS) is 18.9. The molecule has 1 saturated carbocycles. The highest BCUT2D eigenvalue weighted by Crippen LogP contribution is 2.39. The minimum Gasteiger partial charge on any atom is -0.356 e. The lowest BCUT2D eigenvalue weighted by Crippen LogP contribution is -2.52. The minimum absolute atomic E-state index is 0.000580. The Balaban J connectivity index is 1.02. The van der Waals surface area contributed by atoms with Crippen LogP contribution >= 0.6 is 11.3 Å². The zero-order chi connectivity index (χ0) is 32.1. The van der Waals surface area contributed by atoms with E-state index in [1.807, 2.05) is 23.6 Å². The van der Waals surface area contributed by atoms with E-state index in [-0.39, 0.29) is 49.4 Å². The smallest absolute Gasteiger partial charge is 0.255 e. The molecule has 240 valence electrons. The van der Waals surface area contributed by atoms with E-state index in [2.05, 4.69) is 26.3 Å². The summed E-state index contributed by atoms with van der Waals surface area (Å²) in [7, 11) is 0. The summed E-state index contributed by atoms with van der Waals surface area (Å²) in [6, 6.07) is 10.2. The van der Waals surface area contributed by atoms with Crippen molar-refractivity contribution in [3.05, 3.63) is 64.8 Å². The second-order valence-electron chi connectivity index (χ2n) is 12.1. The van der Waals surface area contributed by atoms with Gasteiger partial charge in [0.2, 0.25) is 23.6 Å². The molecule has 0 spiro atoms. The fourth-order valence-electron chi connectivity index (χ4n) is 6.66. The van der Waals surface area contributed by atoms with E-state index in [0.29, 0.717) is 42.0 Å². The molecule has 46 heavy (non-hydrogen) atoms. The van der Waals surface area contributed by atoms with Gasteiger partial charge in [-0.15, -0.1) is 11.3 Å². The highest BCUT2D eigenvalue weighted by atomic mass is 32.1. The van der Waals surface area contributed by atoms with E-state index in [1.54, 1.807) is 24.4 Å². The Morgan fingerprint density at radius 1 is 1.07 bits per heavy atom. The zero-order valence-corrected chi connectivity index (χ0v) is 26.3. The van der Waals surface area contributed by atoms with E-state index >= 15 is 0 Å². The third-order valence-corrected chi connectivity index (χ3v) is 9.70. The summed E-state index contributed by atoms with van der Waals surface area (Å²) in [5, 5.41) is 14.2. The lowest BCUT2D eigenvalue weighted by molar-refractivity contribution is -0.137. The molecule has 4 N–H and O–H groups in total. The van der Waals surface area contributed by atoms with Crippen LogP contribution in [0.25, 0.3) is 0 Å². The van der Waals surface area contributed by atoms with Gasteiger partial charge in [0.15, 0.2) is 5.13 Å². The Hall–Kier alpha value is -4.65. The monoisotopic (exact) mass is 643 g/mol. The number of pyridine rings is 1. The molecule has 1 saturated heterocycles. The Kier molecular flexibility index (Phi) is 9.38. The van der Waals surface area contributed by atoms with Gasteiger partial charge in [0.25, 0.3) is 5.91 Å². The van der Waals surface area contributed by atoms with Crippen molar-refractivity contribution in [2.24, 2.45) is 5.41 Å². The summed E-state index contributed by atoms with van der Waals surface area (Å²) in [6.45, 7) is 0.537. The quantitative estimate of drug-likeness (QED) is 0.180. The maximum Gasteiger partial charge on any atom is 0.255 e. The van der Waals surface area contributed by atoms with Gasteiger partial charge in [0.1, 0.15) is 11.9 Å². The standard InChI is InChI=1S/C33H37N7O5S/c41-27(37-24-9-5-8-22-23(24)20-40(30(22)44)25-12-13-28(42)39-29(25)43)11-6-16-34-31(45)33(14-2-1-3-15-33)19-21-7-4-10-26(36-21)38-32-35-17-18-46-32/h4-5,7-10,17-18,25H,1-3,6,11-16,19-20H2,(H,34,45)(H,37,41)(H,35,36,38)(H,39,42,43). The molecule has 2 aliphatic heterocycles. The summed E-state index contributed by atoms with van der Waals surface area (Å²) in [6.07, 6.45) is 8.02. The van der Waals surface area contributed by atoms with E-state index < -0.39 is 17.4 Å². The van der Waals surface area contributed by atoms with Gasteiger partial charge in [-0.05, 0) is 49.9 Å². The van der Waals surface area contributed by atoms with E-state index in [0.717, 1.165) is 42.9 Å². The summed E-state index contributed by atoms with van der Waals surface area (Å²) in [5.41, 5.74) is 1.92. The van der Waals surface area contributed by atoms with Crippen LogP contribution in [0.3, 0.4) is 0 Å². The number of thiazole rings is 1. The molecule has 0 radical (unpaired) electrons. The Labute approximate surface area is 270 Å². The molecule has 1 atom stereocenters. The van der Waals surface area contributed by atoms with Crippen LogP contribution in [0.1, 0.15) is 79.4 Å². The fourth-order valence-corrected chi connectivity index (χ4v) is 7.19. The van der Waals surface area contributed by atoms with Crippen LogP contribution in [0.15, 0.2) is 48.0 Å². The maximum absolute atomic E-state index is 13.6. The predicted molar refractivity (Wildman–Crippen MR) is 172 cm³/mol. The van der Waals surface area contributed by atoms with Crippen molar-refractivity contribution < 1.29 is 24.0 Å². The van der Waals surface area contributed by atoms with Gasteiger partial charge < -0.3 is 20.9 Å². The first-order valence-electron chi connectivity index (χ1n) is 15.8. The van der Waals surface area contributed by atoms with Crippen molar-refractivity contribution in [2.45, 2.75) is 76.8 Å². The van der Waals surface area contributed by atoms with Crippen LogP contribution in [-0.4, -0.2) is 57.0 Å². The Morgan fingerprint density at radius 3 is 2.67 bits per heavy atom.